The lowest BCUT2D eigenvalue weighted by Gasteiger charge is -2.04. The van der Waals surface area contributed by atoms with Crippen LogP contribution >= 0.6 is 0 Å². The lowest BCUT2D eigenvalue weighted by atomic mass is 10.1. The zero-order valence-corrected chi connectivity index (χ0v) is 15.5. The number of hydrogen-bond donors (Lipinski definition) is 4. The Labute approximate surface area is 163 Å². The summed E-state index contributed by atoms with van der Waals surface area (Å²) in [5, 5.41) is 19.1. The monoisotopic (exact) mass is 393 g/mol. The largest absolute Gasteiger partial charge is 0.478 e. The Bertz CT molecular complexity index is 1270. The number of amides is 1. The number of hydrogen-bond acceptors (Lipinski definition) is 4. The first kappa shape index (κ1) is 18.4. The highest BCUT2D eigenvalue weighted by molar-refractivity contribution is 6.04. The Hall–Kier alpha value is -4.01. The van der Waals surface area contributed by atoms with Crippen LogP contribution in [0, 0.1) is 19.7 Å². The summed E-state index contributed by atoms with van der Waals surface area (Å²) in [4.78, 5) is 30.7. The standard InChI is InChI=1S/C20H16FN5O3/c1-9-10(2)25-26-17(9)19(27)23-13-5-12-7-16(24-18(12)22-8-13)11-3-4-14(20(28)29)15(21)6-11/h3-8H,1-2H3,(H,22,24)(H,23,27)(H,25,26)(H,28,29). The Morgan fingerprint density at radius 2 is 1.97 bits per heavy atom. The summed E-state index contributed by atoms with van der Waals surface area (Å²) < 4.78 is 14.0. The maximum Gasteiger partial charge on any atom is 0.338 e. The highest BCUT2D eigenvalue weighted by Crippen LogP contribution is 2.26. The predicted molar refractivity (Wildman–Crippen MR) is 104 cm³/mol. The molecule has 1 aromatic carbocycles. The van der Waals surface area contributed by atoms with Crippen LogP contribution in [0.5, 0.6) is 0 Å². The van der Waals surface area contributed by atoms with Crippen molar-refractivity contribution in [3.8, 4) is 11.3 Å². The Morgan fingerprint density at radius 1 is 1.17 bits per heavy atom. The average molecular weight is 393 g/mol. The fourth-order valence-corrected chi connectivity index (χ4v) is 3.00. The number of halogens is 1. The van der Waals surface area contributed by atoms with Crippen molar-refractivity contribution in [1.82, 2.24) is 20.2 Å². The molecule has 9 heteroatoms. The van der Waals surface area contributed by atoms with Crippen molar-refractivity contribution in [2.75, 3.05) is 5.32 Å². The summed E-state index contributed by atoms with van der Waals surface area (Å²) in [6.07, 6.45) is 1.51. The van der Waals surface area contributed by atoms with Gasteiger partial charge in [0.25, 0.3) is 5.91 Å². The topological polar surface area (TPSA) is 124 Å². The second-order valence-electron chi connectivity index (χ2n) is 6.61. The van der Waals surface area contributed by atoms with Gasteiger partial charge in [0.15, 0.2) is 0 Å². The number of nitrogens with zero attached hydrogens (tertiary/aromatic N) is 2. The smallest absolute Gasteiger partial charge is 0.338 e. The number of carbonyl (C=O) groups excluding carboxylic acids is 1. The van der Waals surface area contributed by atoms with E-state index in [9.17, 15) is 14.0 Å². The molecule has 0 radical (unpaired) electrons. The van der Waals surface area contributed by atoms with E-state index in [0.29, 0.717) is 33.7 Å². The van der Waals surface area contributed by atoms with E-state index in [1.165, 1.54) is 18.3 Å². The molecule has 4 rings (SSSR count). The quantitative estimate of drug-likeness (QED) is 0.421. The van der Waals surface area contributed by atoms with Gasteiger partial charge in [-0.3, -0.25) is 9.89 Å². The second kappa shape index (κ2) is 6.86. The number of carboxylic acids is 1. The van der Waals surface area contributed by atoms with Crippen molar-refractivity contribution in [3.05, 3.63) is 64.9 Å². The number of aromatic carboxylic acids is 1. The van der Waals surface area contributed by atoms with Crippen molar-refractivity contribution in [1.29, 1.82) is 0 Å². The SMILES string of the molecule is Cc1n[nH]c(C(=O)Nc2cnc3[nH]c(-c4ccc(C(=O)O)c(F)c4)cc3c2)c1C. The third-order valence-electron chi connectivity index (χ3n) is 4.72. The molecule has 0 aliphatic carbocycles. The molecule has 8 nitrogen and oxygen atoms in total. The van der Waals surface area contributed by atoms with Crippen LogP contribution in [-0.4, -0.2) is 37.1 Å². The number of aryl methyl sites for hydroxylation is 1. The average Bonchev–Trinajstić information content (AvgIpc) is 3.24. The first-order valence-corrected chi connectivity index (χ1v) is 8.68. The van der Waals surface area contributed by atoms with E-state index >= 15 is 0 Å². The van der Waals surface area contributed by atoms with E-state index in [1.54, 1.807) is 12.1 Å². The summed E-state index contributed by atoms with van der Waals surface area (Å²) in [7, 11) is 0. The molecule has 0 saturated heterocycles. The van der Waals surface area contributed by atoms with Gasteiger partial charge in [0.1, 0.15) is 17.2 Å². The summed E-state index contributed by atoms with van der Waals surface area (Å²) in [5.41, 5.74) is 3.61. The van der Waals surface area contributed by atoms with Crippen LogP contribution in [0.4, 0.5) is 10.1 Å². The van der Waals surface area contributed by atoms with Crippen LogP contribution in [0.2, 0.25) is 0 Å². The molecule has 29 heavy (non-hydrogen) atoms. The molecule has 0 spiro atoms. The Morgan fingerprint density at radius 3 is 2.62 bits per heavy atom. The van der Waals surface area contributed by atoms with Gasteiger partial charge in [-0.05, 0) is 38.1 Å². The molecule has 146 valence electrons. The molecular formula is C20H16FN5O3. The molecule has 0 fully saturated rings. The van der Waals surface area contributed by atoms with Gasteiger partial charge in [0, 0.05) is 22.2 Å². The van der Waals surface area contributed by atoms with Crippen LogP contribution in [0.1, 0.15) is 32.1 Å². The number of rotatable bonds is 4. The lowest BCUT2D eigenvalue weighted by Crippen LogP contribution is -2.13. The number of anilines is 1. The number of aromatic nitrogens is 4. The summed E-state index contributed by atoms with van der Waals surface area (Å²) in [5.74, 6) is -2.47. The molecule has 0 aliphatic heterocycles. The number of H-pyrrole nitrogens is 2. The van der Waals surface area contributed by atoms with Gasteiger partial charge >= 0.3 is 5.97 Å². The van der Waals surface area contributed by atoms with Gasteiger partial charge in [0.05, 0.1) is 23.1 Å². The molecule has 3 heterocycles. The molecule has 0 unspecified atom stereocenters. The van der Waals surface area contributed by atoms with Crippen molar-refractivity contribution in [2.24, 2.45) is 0 Å². The molecule has 0 aliphatic rings. The van der Waals surface area contributed by atoms with Gasteiger partial charge in [-0.15, -0.1) is 0 Å². The minimum atomic E-state index is -1.32. The van der Waals surface area contributed by atoms with E-state index < -0.39 is 17.3 Å². The van der Waals surface area contributed by atoms with Crippen molar-refractivity contribution >= 4 is 28.6 Å². The molecule has 3 aromatic heterocycles. The van der Waals surface area contributed by atoms with Crippen LogP contribution in [0.15, 0.2) is 36.5 Å². The van der Waals surface area contributed by atoms with Gasteiger partial charge in [-0.2, -0.15) is 5.10 Å². The number of carboxylic acid groups (broad SMARTS) is 1. The molecule has 0 bridgehead atoms. The normalized spacial score (nSPS) is 11.0. The van der Waals surface area contributed by atoms with E-state index in [4.69, 9.17) is 5.11 Å². The number of carbonyl (C=O) groups is 2. The van der Waals surface area contributed by atoms with E-state index in [1.807, 2.05) is 13.8 Å². The molecule has 0 saturated carbocycles. The highest BCUT2D eigenvalue weighted by Gasteiger charge is 2.15. The van der Waals surface area contributed by atoms with Crippen LogP contribution in [0.25, 0.3) is 22.3 Å². The van der Waals surface area contributed by atoms with E-state index in [-0.39, 0.29) is 5.91 Å². The van der Waals surface area contributed by atoms with E-state index in [2.05, 4.69) is 25.5 Å². The van der Waals surface area contributed by atoms with Gasteiger partial charge in [0.2, 0.25) is 0 Å². The number of fused-ring (bicyclic) bond motifs is 1. The van der Waals surface area contributed by atoms with Crippen molar-refractivity contribution in [2.45, 2.75) is 13.8 Å². The summed E-state index contributed by atoms with van der Waals surface area (Å²) >= 11 is 0. The Balaban J connectivity index is 1.63. The molecule has 4 aromatic rings. The first-order valence-electron chi connectivity index (χ1n) is 8.68. The van der Waals surface area contributed by atoms with Gasteiger partial charge < -0.3 is 15.4 Å². The van der Waals surface area contributed by atoms with Crippen molar-refractivity contribution in [3.63, 3.8) is 0 Å². The number of pyridine rings is 1. The maximum absolute atomic E-state index is 14.0. The zero-order valence-electron chi connectivity index (χ0n) is 15.5. The molecular weight excluding hydrogens is 377 g/mol. The van der Waals surface area contributed by atoms with Crippen LogP contribution in [0.3, 0.4) is 0 Å². The second-order valence-corrected chi connectivity index (χ2v) is 6.61. The minimum absolute atomic E-state index is 0.327. The van der Waals surface area contributed by atoms with Gasteiger partial charge in [-0.1, -0.05) is 6.07 Å². The Kier molecular flexibility index (Phi) is 4.34. The number of aromatic amines is 2. The molecule has 4 N–H and O–H groups in total. The third kappa shape index (κ3) is 3.33. The third-order valence-corrected chi connectivity index (χ3v) is 4.72. The zero-order chi connectivity index (χ0) is 20.7. The number of benzene rings is 1. The fraction of sp³-hybridized carbons (Fsp3) is 0.100. The van der Waals surface area contributed by atoms with Crippen LogP contribution < -0.4 is 5.32 Å². The molecule has 0 atom stereocenters. The maximum atomic E-state index is 14.0. The van der Waals surface area contributed by atoms with Gasteiger partial charge in [-0.25, -0.2) is 14.2 Å². The predicted octanol–water partition coefficient (Wildman–Crippen LogP) is 3.66. The van der Waals surface area contributed by atoms with Crippen LogP contribution in [-0.2, 0) is 0 Å². The summed E-state index contributed by atoms with van der Waals surface area (Å²) in [6.45, 7) is 3.62. The summed E-state index contributed by atoms with van der Waals surface area (Å²) in [6, 6.07) is 7.37. The fourth-order valence-electron chi connectivity index (χ4n) is 3.00. The lowest BCUT2D eigenvalue weighted by molar-refractivity contribution is 0.0691. The molecule has 1 amide bonds. The number of nitrogens with one attached hydrogen (secondary N) is 3. The minimum Gasteiger partial charge on any atom is -0.478 e. The van der Waals surface area contributed by atoms with E-state index in [0.717, 1.165) is 17.3 Å². The highest BCUT2D eigenvalue weighted by atomic mass is 19.1. The first-order chi connectivity index (χ1) is 13.8. The van der Waals surface area contributed by atoms with Crippen molar-refractivity contribution < 1.29 is 19.1 Å².